The summed E-state index contributed by atoms with van der Waals surface area (Å²) in [6, 6.07) is 0. The van der Waals surface area contributed by atoms with Gasteiger partial charge in [0, 0.05) is 12.0 Å². The molecule has 0 aromatic rings. The summed E-state index contributed by atoms with van der Waals surface area (Å²) in [7, 11) is 0. The van der Waals surface area contributed by atoms with Crippen LogP contribution < -0.4 is 0 Å². The van der Waals surface area contributed by atoms with Gasteiger partial charge in [-0.3, -0.25) is 9.59 Å². The van der Waals surface area contributed by atoms with Crippen LogP contribution in [0.4, 0.5) is 0 Å². The molecule has 0 radical (unpaired) electrons. The highest BCUT2D eigenvalue weighted by Gasteiger charge is 2.41. The lowest BCUT2D eigenvalue weighted by Crippen LogP contribution is -2.35. The summed E-state index contributed by atoms with van der Waals surface area (Å²) < 4.78 is 0. The Labute approximate surface area is 114 Å². The molecular weight excluding hydrogens is 240 g/mol. The number of hydrogen-bond donors (Lipinski definition) is 1. The van der Waals surface area contributed by atoms with Gasteiger partial charge >= 0.3 is 5.97 Å². The van der Waals surface area contributed by atoms with Crippen LogP contribution in [0, 0.1) is 17.8 Å². The molecule has 2 aliphatic rings. The Hall–Kier alpha value is -1.38. The first-order valence-corrected chi connectivity index (χ1v) is 7.22. The van der Waals surface area contributed by atoms with Gasteiger partial charge in [-0.25, -0.2) is 0 Å². The van der Waals surface area contributed by atoms with Gasteiger partial charge in [0.15, 0.2) is 5.78 Å². The molecule has 0 spiro atoms. The quantitative estimate of drug-likeness (QED) is 0.845. The monoisotopic (exact) mass is 262 g/mol. The maximum absolute atomic E-state index is 12.2. The molecule has 2 unspecified atom stereocenters. The molecule has 3 heteroatoms. The number of Topliss-reactive ketones (excluding diaryl/α,β-unsaturated/α-hetero) is 1. The number of fused-ring (bicyclic) bond motifs is 1. The summed E-state index contributed by atoms with van der Waals surface area (Å²) >= 11 is 0. The number of allylic oxidation sites excluding steroid dienone is 3. The normalized spacial score (nSPS) is 30.4. The number of hydrogen-bond acceptors (Lipinski definition) is 2. The summed E-state index contributed by atoms with van der Waals surface area (Å²) in [5.74, 6) is -0.814. The fourth-order valence-corrected chi connectivity index (χ4v) is 3.21. The van der Waals surface area contributed by atoms with E-state index < -0.39 is 11.9 Å². The summed E-state index contributed by atoms with van der Waals surface area (Å²) in [5.41, 5.74) is 1.46. The minimum Gasteiger partial charge on any atom is -0.481 e. The van der Waals surface area contributed by atoms with E-state index in [1.54, 1.807) is 0 Å². The molecule has 1 N–H and O–H groups in total. The Bertz CT molecular complexity index is 445. The predicted octanol–water partition coefficient (Wildman–Crippen LogP) is 3.36. The first-order chi connectivity index (χ1) is 9.04. The average Bonchev–Trinajstić information content (AvgIpc) is 2.36. The predicted molar refractivity (Wildman–Crippen MR) is 73.7 cm³/mol. The molecule has 0 bridgehead atoms. The van der Waals surface area contributed by atoms with Crippen molar-refractivity contribution < 1.29 is 14.7 Å². The van der Waals surface area contributed by atoms with Crippen LogP contribution in [0.25, 0.3) is 0 Å². The molecule has 19 heavy (non-hydrogen) atoms. The second kappa shape index (κ2) is 5.72. The van der Waals surface area contributed by atoms with Gasteiger partial charge in [0.05, 0.1) is 5.92 Å². The van der Waals surface area contributed by atoms with Gasteiger partial charge in [0.1, 0.15) is 0 Å². The lowest BCUT2D eigenvalue weighted by Gasteiger charge is -2.34. The number of carboxylic acids is 1. The van der Waals surface area contributed by atoms with E-state index >= 15 is 0 Å². The van der Waals surface area contributed by atoms with Crippen LogP contribution in [0.15, 0.2) is 23.3 Å². The summed E-state index contributed by atoms with van der Waals surface area (Å²) in [6.07, 6.45) is 8.04. The summed E-state index contributed by atoms with van der Waals surface area (Å²) in [5, 5.41) is 9.52. The smallest absolute Gasteiger partial charge is 0.311 e. The van der Waals surface area contributed by atoms with E-state index in [-0.39, 0.29) is 11.7 Å². The van der Waals surface area contributed by atoms with Crippen LogP contribution in [0.3, 0.4) is 0 Å². The Kier molecular flexibility index (Phi) is 4.23. The Balaban J connectivity index is 2.30. The first-order valence-electron chi connectivity index (χ1n) is 7.22. The van der Waals surface area contributed by atoms with Gasteiger partial charge in [-0.15, -0.1) is 0 Å². The van der Waals surface area contributed by atoms with Crippen LogP contribution in [0.5, 0.6) is 0 Å². The van der Waals surface area contributed by atoms with E-state index in [4.69, 9.17) is 0 Å². The van der Waals surface area contributed by atoms with Crippen LogP contribution >= 0.6 is 0 Å². The van der Waals surface area contributed by atoms with Crippen molar-refractivity contribution in [1.29, 1.82) is 0 Å². The third-order valence-corrected chi connectivity index (χ3v) is 4.22. The zero-order chi connectivity index (χ0) is 14.0. The van der Waals surface area contributed by atoms with Gasteiger partial charge in [0.2, 0.25) is 0 Å². The topological polar surface area (TPSA) is 54.4 Å². The number of ketones is 1. The maximum Gasteiger partial charge on any atom is 0.311 e. The van der Waals surface area contributed by atoms with E-state index in [1.165, 1.54) is 0 Å². The lowest BCUT2D eigenvalue weighted by atomic mass is 9.68. The zero-order valence-electron chi connectivity index (χ0n) is 11.7. The fourth-order valence-electron chi connectivity index (χ4n) is 3.21. The highest BCUT2D eigenvalue weighted by atomic mass is 16.4. The SMILES string of the molecule is CCCC[C@@H]1CC(=O)C2=CC(C)CC=C2C1C(=O)O. The van der Waals surface area contributed by atoms with E-state index in [0.717, 1.165) is 31.3 Å². The summed E-state index contributed by atoms with van der Waals surface area (Å²) in [4.78, 5) is 23.8. The van der Waals surface area contributed by atoms with E-state index in [0.29, 0.717) is 17.9 Å². The molecule has 0 aromatic carbocycles. The number of carboxylic acid groups (broad SMARTS) is 1. The van der Waals surface area contributed by atoms with Crippen molar-refractivity contribution in [3.63, 3.8) is 0 Å². The molecule has 0 aliphatic heterocycles. The zero-order valence-corrected chi connectivity index (χ0v) is 11.7. The van der Waals surface area contributed by atoms with Crippen molar-refractivity contribution in [3.05, 3.63) is 23.3 Å². The first kappa shape index (κ1) is 14.0. The average molecular weight is 262 g/mol. The van der Waals surface area contributed by atoms with Gasteiger partial charge in [-0.1, -0.05) is 38.8 Å². The van der Waals surface area contributed by atoms with Crippen LogP contribution in [-0.4, -0.2) is 16.9 Å². The number of unbranched alkanes of at least 4 members (excludes halogenated alkanes) is 1. The van der Waals surface area contributed by atoms with Crippen molar-refractivity contribution in [2.45, 2.75) is 46.0 Å². The third-order valence-electron chi connectivity index (χ3n) is 4.22. The molecule has 1 saturated carbocycles. The van der Waals surface area contributed by atoms with E-state index in [1.807, 2.05) is 12.2 Å². The lowest BCUT2D eigenvalue weighted by molar-refractivity contribution is -0.143. The van der Waals surface area contributed by atoms with Crippen molar-refractivity contribution in [3.8, 4) is 0 Å². The van der Waals surface area contributed by atoms with Crippen molar-refractivity contribution in [2.24, 2.45) is 17.8 Å². The second-order valence-electron chi connectivity index (χ2n) is 5.80. The molecule has 104 valence electrons. The molecule has 2 aliphatic carbocycles. The molecule has 0 aromatic heterocycles. The van der Waals surface area contributed by atoms with Crippen molar-refractivity contribution in [1.82, 2.24) is 0 Å². The van der Waals surface area contributed by atoms with Crippen molar-refractivity contribution >= 4 is 11.8 Å². The fraction of sp³-hybridized carbons (Fsp3) is 0.625. The summed E-state index contributed by atoms with van der Waals surface area (Å²) in [6.45, 7) is 4.15. The molecule has 3 nitrogen and oxygen atoms in total. The number of carbonyl (C=O) groups is 2. The molecule has 0 saturated heterocycles. The molecule has 2 rings (SSSR count). The minimum atomic E-state index is -0.777. The third kappa shape index (κ3) is 2.80. The van der Waals surface area contributed by atoms with E-state index in [2.05, 4.69) is 13.8 Å². The van der Waals surface area contributed by atoms with Crippen LogP contribution in [0.2, 0.25) is 0 Å². The van der Waals surface area contributed by atoms with Gasteiger partial charge in [0.25, 0.3) is 0 Å². The van der Waals surface area contributed by atoms with E-state index in [9.17, 15) is 14.7 Å². The molecular formula is C16H22O3. The van der Waals surface area contributed by atoms with Crippen molar-refractivity contribution in [2.75, 3.05) is 0 Å². The Morgan fingerprint density at radius 3 is 2.84 bits per heavy atom. The van der Waals surface area contributed by atoms with Crippen LogP contribution in [0.1, 0.15) is 46.0 Å². The molecule has 0 amide bonds. The highest BCUT2D eigenvalue weighted by molar-refractivity contribution is 6.03. The molecule has 3 atom stereocenters. The Morgan fingerprint density at radius 1 is 1.47 bits per heavy atom. The molecule has 0 heterocycles. The number of carbonyl (C=O) groups excluding carboxylic acids is 1. The van der Waals surface area contributed by atoms with Gasteiger partial charge < -0.3 is 5.11 Å². The molecule has 1 fully saturated rings. The second-order valence-corrected chi connectivity index (χ2v) is 5.80. The minimum absolute atomic E-state index is 0.0262. The number of aliphatic carboxylic acids is 1. The number of rotatable bonds is 4. The van der Waals surface area contributed by atoms with Gasteiger partial charge in [-0.2, -0.15) is 0 Å². The maximum atomic E-state index is 12.2. The van der Waals surface area contributed by atoms with Gasteiger partial charge in [-0.05, 0) is 30.3 Å². The Morgan fingerprint density at radius 2 is 2.21 bits per heavy atom. The standard InChI is InChI=1S/C16H22O3/c1-3-4-5-11-9-14(17)13-8-10(2)6-7-12(13)15(11)16(18)19/h7-8,10-11,15H,3-6,9H2,1-2H3,(H,18,19)/t10?,11-,15?/m1/s1. The highest BCUT2D eigenvalue weighted by Crippen LogP contribution is 2.41. The largest absolute Gasteiger partial charge is 0.481 e. The van der Waals surface area contributed by atoms with Crippen LogP contribution in [-0.2, 0) is 9.59 Å².